The average Bonchev–Trinajstić information content (AvgIpc) is 3.86. The van der Waals surface area contributed by atoms with Crippen LogP contribution in [0.15, 0.2) is 170 Å². The summed E-state index contributed by atoms with van der Waals surface area (Å²) in [4.78, 5) is 10.5. The van der Waals surface area contributed by atoms with Crippen LogP contribution in [0.4, 0.5) is 0 Å². The standard InChI is InChI=1S/C46H28N4S/c1-3-14-29(15-4-1)42-45-43(36-22-9-12-25-40(36)51-45)48-46(47-42)30-16-13-19-32(28-30)49-38-24-11-8-21-35(38)41-39(49)27-26-34-33-20-7-10-23-37(33)50(44(34)41)31-17-5-2-6-18-31/h1-28H. The van der Waals surface area contributed by atoms with Crippen LogP contribution in [0.25, 0.3) is 97.9 Å². The van der Waals surface area contributed by atoms with Gasteiger partial charge in [-0.3, -0.25) is 0 Å². The van der Waals surface area contributed by atoms with Crippen LogP contribution in [0.2, 0.25) is 0 Å². The van der Waals surface area contributed by atoms with Crippen molar-refractivity contribution in [1.29, 1.82) is 0 Å². The minimum Gasteiger partial charge on any atom is -0.309 e. The van der Waals surface area contributed by atoms with Crippen LogP contribution in [-0.4, -0.2) is 19.1 Å². The number of thiophene rings is 1. The minimum atomic E-state index is 0.721. The number of benzene rings is 7. The Morgan fingerprint density at radius 3 is 1.90 bits per heavy atom. The van der Waals surface area contributed by atoms with E-state index in [-0.39, 0.29) is 0 Å². The van der Waals surface area contributed by atoms with E-state index in [1.165, 1.54) is 37.3 Å². The summed E-state index contributed by atoms with van der Waals surface area (Å²) in [6.45, 7) is 0. The molecule has 0 aliphatic heterocycles. The fourth-order valence-corrected chi connectivity index (χ4v) is 9.08. The average molecular weight is 669 g/mol. The maximum Gasteiger partial charge on any atom is 0.160 e. The fraction of sp³-hybridized carbons (Fsp3) is 0. The molecule has 0 aliphatic rings. The zero-order chi connectivity index (χ0) is 33.5. The molecule has 0 fully saturated rings. The lowest BCUT2D eigenvalue weighted by atomic mass is 10.1. The minimum absolute atomic E-state index is 0.721. The van der Waals surface area contributed by atoms with Gasteiger partial charge in [-0.1, -0.05) is 121 Å². The second kappa shape index (κ2) is 11.0. The number of para-hydroxylation sites is 3. The van der Waals surface area contributed by atoms with Gasteiger partial charge >= 0.3 is 0 Å². The predicted molar refractivity (Wildman–Crippen MR) is 214 cm³/mol. The topological polar surface area (TPSA) is 35.6 Å². The Morgan fingerprint density at radius 2 is 1.08 bits per heavy atom. The maximum absolute atomic E-state index is 5.28. The van der Waals surface area contributed by atoms with Gasteiger partial charge in [-0.2, -0.15) is 0 Å². The first kappa shape index (κ1) is 28.3. The zero-order valence-electron chi connectivity index (χ0n) is 27.4. The van der Waals surface area contributed by atoms with E-state index in [1.54, 1.807) is 11.3 Å². The van der Waals surface area contributed by atoms with E-state index in [2.05, 4.69) is 179 Å². The van der Waals surface area contributed by atoms with Gasteiger partial charge in [0.25, 0.3) is 0 Å². The summed E-state index contributed by atoms with van der Waals surface area (Å²) in [6, 6.07) is 60.5. The molecule has 0 saturated heterocycles. The summed E-state index contributed by atoms with van der Waals surface area (Å²) in [5.74, 6) is 0.721. The van der Waals surface area contributed by atoms with Crippen molar-refractivity contribution >= 4 is 75.3 Å². The van der Waals surface area contributed by atoms with Crippen molar-refractivity contribution in [3.63, 3.8) is 0 Å². The molecule has 238 valence electrons. The monoisotopic (exact) mass is 668 g/mol. The van der Waals surface area contributed by atoms with E-state index >= 15 is 0 Å². The van der Waals surface area contributed by atoms with Crippen LogP contribution in [0.5, 0.6) is 0 Å². The molecule has 11 rings (SSSR count). The summed E-state index contributed by atoms with van der Waals surface area (Å²) in [6.07, 6.45) is 0. The molecule has 0 bridgehead atoms. The third kappa shape index (κ3) is 4.19. The number of hydrogen-bond acceptors (Lipinski definition) is 3. The number of fused-ring (bicyclic) bond motifs is 10. The van der Waals surface area contributed by atoms with Crippen molar-refractivity contribution in [3.05, 3.63) is 170 Å². The Bertz CT molecular complexity index is 3130. The molecule has 0 amide bonds. The number of hydrogen-bond donors (Lipinski definition) is 0. The molecule has 0 spiro atoms. The summed E-state index contributed by atoms with van der Waals surface area (Å²) in [5, 5.41) is 6.12. The van der Waals surface area contributed by atoms with Gasteiger partial charge in [0.2, 0.25) is 0 Å². The molecule has 51 heavy (non-hydrogen) atoms. The Kier molecular flexibility index (Phi) is 6.09. The highest BCUT2D eigenvalue weighted by Crippen LogP contribution is 2.43. The smallest absolute Gasteiger partial charge is 0.160 e. The third-order valence-electron chi connectivity index (χ3n) is 10.1. The van der Waals surface area contributed by atoms with Gasteiger partial charge in [-0.25, -0.2) is 9.97 Å². The van der Waals surface area contributed by atoms with Crippen LogP contribution in [-0.2, 0) is 0 Å². The van der Waals surface area contributed by atoms with Gasteiger partial charge in [-0.15, -0.1) is 11.3 Å². The number of rotatable bonds is 4. The van der Waals surface area contributed by atoms with Crippen LogP contribution in [0.1, 0.15) is 0 Å². The molecule has 5 heteroatoms. The lowest BCUT2D eigenvalue weighted by Gasteiger charge is -2.12. The first-order valence-corrected chi connectivity index (χ1v) is 18.0. The molecule has 11 aromatic rings. The molecule has 0 unspecified atom stereocenters. The molecule has 0 radical (unpaired) electrons. The van der Waals surface area contributed by atoms with Gasteiger partial charge in [0, 0.05) is 54.1 Å². The van der Waals surface area contributed by atoms with E-state index in [4.69, 9.17) is 9.97 Å². The summed E-state index contributed by atoms with van der Waals surface area (Å²) >= 11 is 1.76. The van der Waals surface area contributed by atoms with Crippen molar-refractivity contribution in [1.82, 2.24) is 19.1 Å². The zero-order valence-corrected chi connectivity index (χ0v) is 28.2. The largest absolute Gasteiger partial charge is 0.309 e. The first-order chi connectivity index (χ1) is 25.3. The van der Waals surface area contributed by atoms with Crippen molar-refractivity contribution in [3.8, 4) is 34.0 Å². The molecule has 0 N–H and O–H groups in total. The van der Waals surface area contributed by atoms with Gasteiger partial charge in [0.1, 0.15) is 0 Å². The molecule has 4 heterocycles. The highest BCUT2D eigenvalue weighted by Gasteiger charge is 2.21. The fourth-order valence-electron chi connectivity index (χ4n) is 7.93. The van der Waals surface area contributed by atoms with Gasteiger partial charge in [0.05, 0.1) is 38.0 Å². The van der Waals surface area contributed by atoms with Crippen molar-refractivity contribution in [2.45, 2.75) is 0 Å². The summed E-state index contributed by atoms with van der Waals surface area (Å²) in [7, 11) is 0. The van der Waals surface area contributed by atoms with E-state index in [0.717, 1.165) is 60.7 Å². The van der Waals surface area contributed by atoms with Gasteiger partial charge in [-0.05, 0) is 48.5 Å². The second-order valence-corrected chi connectivity index (χ2v) is 14.0. The summed E-state index contributed by atoms with van der Waals surface area (Å²) in [5.41, 5.74) is 11.0. The van der Waals surface area contributed by atoms with E-state index < -0.39 is 0 Å². The second-order valence-electron chi connectivity index (χ2n) is 13.0. The molecule has 4 nitrogen and oxygen atoms in total. The SMILES string of the molecule is c1ccc(-c2nc(-c3cccc(-n4c5ccccc5c5c4ccc4c6ccccc6n(-c6ccccc6)c45)c3)nc3c2sc2ccccc23)cc1. The van der Waals surface area contributed by atoms with Gasteiger partial charge < -0.3 is 9.13 Å². The molecular weight excluding hydrogens is 641 g/mol. The van der Waals surface area contributed by atoms with Crippen molar-refractivity contribution < 1.29 is 0 Å². The maximum atomic E-state index is 5.28. The number of aromatic nitrogens is 4. The van der Waals surface area contributed by atoms with E-state index in [9.17, 15) is 0 Å². The van der Waals surface area contributed by atoms with Crippen LogP contribution >= 0.6 is 11.3 Å². The Labute approximate surface area is 297 Å². The van der Waals surface area contributed by atoms with Crippen LogP contribution < -0.4 is 0 Å². The first-order valence-electron chi connectivity index (χ1n) is 17.2. The van der Waals surface area contributed by atoms with Crippen LogP contribution in [0.3, 0.4) is 0 Å². The predicted octanol–water partition coefficient (Wildman–Crippen LogP) is 12.4. The third-order valence-corrected chi connectivity index (χ3v) is 11.3. The Balaban J connectivity index is 1.19. The summed E-state index contributed by atoms with van der Waals surface area (Å²) < 4.78 is 7.16. The molecular formula is C46H28N4S. The number of nitrogens with zero attached hydrogens (tertiary/aromatic N) is 4. The lowest BCUT2D eigenvalue weighted by molar-refractivity contribution is 1.17. The molecule has 7 aromatic carbocycles. The van der Waals surface area contributed by atoms with Crippen molar-refractivity contribution in [2.24, 2.45) is 0 Å². The highest BCUT2D eigenvalue weighted by molar-refractivity contribution is 7.26. The Hall–Kier alpha value is -6.56. The van der Waals surface area contributed by atoms with E-state index in [0.29, 0.717) is 0 Å². The van der Waals surface area contributed by atoms with Gasteiger partial charge in [0.15, 0.2) is 5.82 Å². The van der Waals surface area contributed by atoms with E-state index in [1.807, 2.05) is 0 Å². The highest BCUT2D eigenvalue weighted by atomic mass is 32.1. The Morgan fingerprint density at radius 1 is 0.431 bits per heavy atom. The molecule has 4 aromatic heterocycles. The van der Waals surface area contributed by atoms with Crippen LogP contribution in [0, 0.1) is 0 Å². The molecule has 0 aliphatic carbocycles. The quantitative estimate of drug-likeness (QED) is 0.187. The lowest BCUT2D eigenvalue weighted by Crippen LogP contribution is -1.97. The molecule has 0 saturated carbocycles. The normalized spacial score (nSPS) is 11.9. The van der Waals surface area contributed by atoms with Crippen molar-refractivity contribution in [2.75, 3.05) is 0 Å². The molecule has 0 atom stereocenters.